The number of anilines is 1. The molecule has 3 aromatic rings. The van der Waals surface area contributed by atoms with Crippen molar-refractivity contribution in [2.24, 2.45) is 17.8 Å². The fourth-order valence-corrected chi connectivity index (χ4v) is 12.9. The molecule has 16 nitrogen and oxygen atoms in total. The number of esters is 1. The Morgan fingerprint density at radius 1 is 0.960 bits per heavy atom. The summed E-state index contributed by atoms with van der Waals surface area (Å²) >= 11 is 1.52. The highest BCUT2D eigenvalue weighted by Gasteiger charge is 2.76. The van der Waals surface area contributed by atoms with Crippen molar-refractivity contribution in [1.29, 1.82) is 0 Å². The van der Waals surface area contributed by atoms with E-state index in [0.717, 1.165) is 21.7 Å². The van der Waals surface area contributed by atoms with Crippen molar-refractivity contribution in [2.45, 2.75) is 138 Å². The first-order valence-electron chi connectivity index (χ1n) is 25.7. The van der Waals surface area contributed by atoms with E-state index in [4.69, 9.17) is 23.7 Å². The third kappa shape index (κ3) is 9.75. The molecule has 4 heterocycles. The molecule has 3 saturated carbocycles. The molecule has 10 rings (SSSR count). The second kappa shape index (κ2) is 21.3. The quantitative estimate of drug-likeness (QED) is 0.0326. The van der Waals surface area contributed by atoms with Gasteiger partial charge in [-0.05, 0) is 121 Å². The average molecular weight is 1050 g/mol. The van der Waals surface area contributed by atoms with Crippen molar-refractivity contribution in [1.82, 2.24) is 5.32 Å². The molecule has 3 aliphatic carbocycles. The molecule has 2 bridgehead atoms. The number of fused-ring (bicyclic) bond motifs is 6. The average Bonchev–Trinajstić information content (AvgIpc) is 3.61. The van der Waals surface area contributed by atoms with Crippen LogP contribution in [0, 0.1) is 17.8 Å². The second-order valence-electron chi connectivity index (χ2n) is 21.4. The van der Waals surface area contributed by atoms with Crippen LogP contribution in [0.1, 0.15) is 101 Å². The molecule has 400 valence electrons. The number of carbonyl (C=O) groups is 3. The fraction of sp³-hybridized carbons (Fsp3) is 0.466. The minimum Gasteiger partial charge on any atom is -0.482 e. The van der Waals surface area contributed by atoms with Crippen molar-refractivity contribution in [2.75, 3.05) is 25.1 Å². The van der Waals surface area contributed by atoms with Crippen molar-refractivity contribution < 1.29 is 68.7 Å². The van der Waals surface area contributed by atoms with Gasteiger partial charge in [-0.25, -0.2) is 4.79 Å². The van der Waals surface area contributed by atoms with Crippen LogP contribution in [0.5, 0.6) is 23.0 Å². The van der Waals surface area contributed by atoms with Crippen LogP contribution in [0.3, 0.4) is 0 Å². The molecule has 8 N–H and O–H groups in total. The number of ketones is 1. The molecule has 75 heavy (non-hydrogen) atoms. The van der Waals surface area contributed by atoms with Crippen LogP contribution in [0.4, 0.5) is 5.69 Å². The van der Waals surface area contributed by atoms with Crippen LogP contribution in [0.15, 0.2) is 101 Å². The molecular formula is C58H68N2O14S. The Kier molecular flexibility index (Phi) is 15.4. The number of thioether (sulfide) groups is 1. The summed E-state index contributed by atoms with van der Waals surface area (Å²) in [4.78, 5) is 44.1. The number of para-hydroxylation sites is 1. The summed E-state index contributed by atoms with van der Waals surface area (Å²) in [5.41, 5.74) is 0.841. The number of amides is 1. The lowest BCUT2D eigenvalue weighted by molar-refractivity contribution is -0.277. The Hall–Kier alpha value is -5.76. The molecule has 3 aromatic carbocycles. The van der Waals surface area contributed by atoms with Gasteiger partial charge in [0, 0.05) is 46.1 Å². The monoisotopic (exact) mass is 1050 g/mol. The van der Waals surface area contributed by atoms with E-state index >= 15 is 4.79 Å². The van der Waals surface area contributed by atoms with Crippen molar-refractivity contribution >= 4 is 46.9 Å². The van der Waals surface area contributed by atoms with Gasteiger partial charge in [0.1, 0.15) is 47.3 Å². The van der Waals surface area contributed by atoms with Gasteiger partial charge < -0.3 is 65.0 Å². The predicted octanol–water partition coefficient (Wildman–Crippen LogP) is 6.59. The van der Waals surface area contributed by atoms with E-state index in [2.05, 4.69) is 36.6 Å². The lowest BCUT2D eigenvalue weighted by atomic mass is 9.47. The first-order chi connectivity index (χ1) is 35.7. The molecule has 7 aliphatic rings. The summed E-state index contributed by atoms with van der Waals surface area (Å²) in [6.45, 7) is 13.3. The lowest BCUT2D eigenvalue weighted by Gasteiger charge is -2.64. The highest BCUT2D eigenvalue weighted by Crippen LogP contribution is 2.69. The molecule has 0 radical (unpaired) electrons. The summed E-state index contributed by atoms with van der Waals surface area (Å²) in [6.07, 6.45) is 5.06. The van der Waals surface area contributed by atoms with Gasteiger partial charge in [-0.2, -0.15) is 0 Å². The number of aliphatic hydroxyl groups is 6. The molecule has 17 heteroatoms. The first kappa shape index (κ1) is 54.0. The van der Waals surface area contributed by atoms with E-state index in [0.29, 0.717) is 53.0 Å². The zero-order valence-corrected chi connectivity index (χ0v) is 44.1. The third-order valence-electron chi connectivity index (χ3n) is 15.2. The van der Waals surface area contributed by atoms with E-state index in [9.17, 15) is 40.2 Å². The highest BCUT2D eigenvalue weighted by atomic mass is 32.2. The molecule has 1 amide bonds. The number of rotatable bonds is 16. The highest BCUT2D eigenvalue weighted by molar-refractivity contribution is 8.00. The minimum atomic E-state index is -2.22. The van der Waals surface area contributed by atoms with E-state index in [-0.39, 0.29) is 54.7 Å². The second-order valence-corrected chi connectivity index (χ2v) is 22.5. The van der Waals surface area contributed by atoms with Crippen LogP contribution >= 0.6 is 11.8 Å². The zero-order valence-electron chi connectivity index (χ0n) is 43.3. The molecular weight excluding hydrogens is 981 g/mol. The Morgan fingerprint density at radius 2 is 1.69 bits per heavy atom. The van der Waals surface area contributed by atoms with Gasteiger partial charge in [-0.3, -0.25) is 9.59 Å². The number of aliphatic hydroxyl groups excluding tert-OH is 5. The largest absolute Gasteiger partial charge is 0.482 e. The number of benzene rings is 3. The number of hydrogen-bond acceptors (Lipinski definition) is 16. The van der Waals surface area contributed by atoms with Gasteiger partial charge in [-0.15, -0.1) is 11.8 Å². The standard InChI is InChI=1S/C58H68N2O14S/c1-30(2)12-10-23-56(7)25-22-36-49(73-56)35(21-16-31(3)4)51-43(50(36)72-54(68)33-17-19-34(20-18-33)70-55-48(66)47(65)46(64)40(29-62)71-55)45-44-52(75-41-14-9-8-13-39(41)60-45)37-28-38(32(5)6)58(44,74-51)57(69,53(37)67)24-11-15-42(63)59-26-27-61/h8-9,11-20,22,25,32,37-38,40,46-48,52,55,60-62,64-66,69H,10,21,23-24,26-29H2,1-7H3,(H,59,63)/b15-11-/t37?,38?,40-,46-,47+,48-,52?,55-,56?,57?,58?/m1/s1. The van der Waals surface area contributed by atoms with E-state index in [1.54, 1.807) is 0 Å². The normalized spacial score (nSPS) is 29.9. The Bertz CT molecular complexity index is 2880. The molecule has 4 aliphatic heterocycles. The van der Waals surface area contributed by atoms with Gasteiger partial charge >= 0.3 is 5.97 Å². The van der Waals surface area contributed by atoms with Gasteiger partial charge in [0.05, 0.1) is 41.3 Å². The first-order valence-corrected chi connectivity index (χ1v) is 26.6. The molecule has 1 spiro atoms. The topological polar surface area (TPSA) is 243 Å². The maximum Gasteiger partial charge on any atom is 0.343 e. The number of nitrogens with one attached hydrogen (secondary N) is 2. The van der Waals surface area contributed by atoms with Crippen molar-refractivity contribution in [3.05, 3.63) is 118 Å². The number of hydrogen-bond donors (Lipinski definition) is 8. The van der Waals surface area contributed by atoms with Crippen molar-refractivity contribution in [3.8, 4) is 23.0 Å². The number of carbonyl (C=O) groups excluding carboxylic acids is 3. The lowest BCUT2D eigenvalue weighted by Crippen LogP contribution is -2.78. The summed E-state index contributed by atoms with van der Waals surface area (Å²) in [6, 6.07) is 13.6. The Morgan fingerprint density at radius 3 is 2.39 bits per heavy atom. The van der Waals surface area contributed by atoms with E-state index < -0.39 is 88.9 Å². The Balaban J connectivity index is 1.26. The smallest absolute Gasteiger partial charge is 0.343 e. The molecule has 0 aromatic heterocycles. The van der Waals surface area contributed by atoms with Gasteiger partial charge in [-0.1, -0.05) is 55.4 Å². The molecule has 1 saturated heterocycles. The SMILES string of the molecule is CC(C)=CCCC1(C)C=Cc2c(c(CC=C(C)C)c3c(c2OC(=O)c2ccc(O[C@@H]4O[C@H](CO)[C@@H](O)[C@H](O)[C@H]4O)cc2)C2=C4C(Sc5ccccc5N2)C2CC(C(C)C)C4(O3)C(O)(C/C=C\C(=O)NCCO)C2=O)O1. The summed E-state index contributed by atoms with van der Waals surface area (Å²) in [5, 5.41) is 69.9. The third-order valence-corrected chi connectivity index (χ3v) is 16.7. The maximum absolute atomic E-state index is 15.4. The molecule has 6 unspecified atom stereocenters. The van der Waals surface area contributed by atoms with Gasteiger partial charge in [0.25, 0.3) is 0 Å². The van der Waals surface area contributed by atoms with Gasteiger partial charge in [0.15, 0.2) is 22.7 Å². The van der Waals surface area contributed by atoms with Gasteiger partial charge in [0.2, 0.25) is 12.2 Å². The fourth-order valence-electron chi connectivity index (χ4n) is 11.5. The molecule has 4 fully saturated rings. The summed E-state index contributed by atoms with van der Waals surface area (Å²) < 4.78 is 33.1. The zero-order chi connectivity index (χ0) is 53.7. The Labute approximate surface area is 441 Å². The number of ether oxygens (including phenoxy) is 5. The maximum atomic E-state index is 15.4. The molecule has 11 atom stereocenters. The number of Topliss-reactive ketones (excluding diaryl/α,β-unsaturated/α-hetero) is 1. The van der Waals surface area contributed by atoms with Crippen LogP contribution in [0.25, 0.3) is 11.8 Å². The van der Waals surface area contributed by atoms with E-state index in [1.165, 1.54) is 48.2 Å². The van der Waals surface area contributed by atoms with Crippen LogP contribution < -0.4 is 29.6 Å². The van der Waals surface area contributed by atoms with Crippen LogP contribution in [-0.2, 0) is 20.7 Å². The van der Waals surface area contributed by atoms with Crippen LogP contribution in [0.2, 0.25) is 0 Å². The minimum absolute atomic E-state index is 0.0251. The number of allylic oxidation sites excluding steroid dienone is 4. The predicted molar refractivity (Wildman–Crippen MR) is 282 cm³/mol. The van der Waals surface area contributed by atoms with Crippen molar-refractivity contribution in [3.63, 3.8) is 0 Å². The van der Waals surface area contributed by atoms with E-state index in [1.807, 2.05) is 71.0 Å². The van der Waals surface area contributed by atoms with Crippen LogP contribution in [-0.4, -0.2) is 121 Å². The summed E-state index contributed by atoms with van der Waals surface area (Å²) in [5.74, 6) is -2.03. The summed E-state index contributed by atoms with van der Waals surface area (Å²) in [7, 11) is 0.